The number of unbranched alkanes of at least 4 members (excludes halogenated alkanes) is 8. The van der Waals surface area contributed by atoms with Gasteiger partial charge in [-0.25, -0.2) is 0 Å². The highest BCUT2D eigenvalue weighted by Crippen LogP contribution is 2.16. The molecule has 1 heteroatoms. The molecule has 1 fully saturated rings. The molecule has 0 radical (unpaired) electrons. The third kappa shape index (κ3) is 7.60. The normalized spacial score (nSPS) is 17.1. The van der Waals surface area contributed by atoms with E-state index in [2.05, 4.69) is 6.92 Å². The van der Waals surface area contributed by atoms with Gasteiger partial charge < -0.3 is 0 Å². The molecule has 1 saturated heterocycles. The molecular formula is C15H31S+. The Balaban J connectivity index is 1.71. The molecule has 0 aromatic heterocycles. The second-order valence-electron chi connectivity index (χ2n) is 5.26. The molecule has 0 nitrogen and oxygen atoms in total. The zero-order chi connectivity index (χ0) is 11.5. The molecular weight excluding hydrogens is 212 g/mol. The van der Waals surface area contributed by atoms with Gasteiger partial charge in [-0.05, 0) is 36.6 Å². The Morgan fingerprint density at radius 2 is 1.19 bits per heavy atom. The highest BCUT2D eigenvalue weighted by molar-refractivity contribution is 7.97. The van der Waals surface area contributed by atoms with E-state index in [1.54, 1.807) is 17.3 Å². The van der Waals surface area contributed by atoms with Gasteiger partial charge in [0.1, 0.15) is 17.3 Å². The van der Waals surface area contributed by atoms with E-state index >= 15 is 0 Å². The van der Waals surface area contributed by atoms with Gasteiger partial charge in [0.15, 0.2) is 0 Å². The van der Waals surface area contributed by atoms with E-state index in [4.69, 9.17) is 0 Å². The van der Waals surface area contributed by atoms with Crippen LogP contribution in [0.4, 0.5) is 0 Å². The second-order valence-corrected chi connectivity index (χ2v) is 7.71. The molecule has 96 valence electrons. The minimum atomic E-state index is 0.861. The molecule has 0 N–H and O–H groups in total. The Kier molecular flexibility index (Phi) is 9.46. The van der Waals surface area contributed by atoms with E-state index in [1.807, 2.05) is 0 Å². The molecule has 0 aromatic rings. The molecule has 0 aliphatic carbocycles. The van der Waals surface area contributed by atoms with Crippen molar-refractivity contribution in [1.29, 1.82) is 0 Å². The lowest BCUT2D eigenvalue weighted by Gasteiger charge is -2.02. The summed E-state index contributed by atoms with van der Waals surface area (Å²) in [6.45, 7) is 2.30. The molecule has 0 bridgehead atoms. The summed E-state index contributed by atoms with van der Waals surface area (Å²) in [5, 5.41) is 0. The first kappa shape index (κ1) is 14.4. The largest absolute Gasteiger partial charge is 0.108 e. The zero-order valence-electron chi connectivity index (χ0n) is 11.3. The van der Waals surface area contributed by atoms with E-state index in [0.29, 0.717) is 0 Å². The van der Waals surface area contributed by atoms with Crippen molar-refractivity contribution in [1.82, 2.24) is 0 Å². The van der Waals surface area contributed by atoms with Crippen molar-refractivity contribution < 1.29 is 0 Å². The first-order chi connectivity index (χ1) is 7.93. The van der Waals surface area contributed by atoms with Crippen LogP contribution in [0.15, 0.2) is 0 Å². The average molecular weight is 243 g/mol. The SMILES string of the molecule is CCCCCCCCCCC[S+]1CCCC1. The maximum absolute atomic E-state index is 2.30. The van der Waals surface area contributed by atoms with Crippen LogP contribution in [0.1, 0.15) is 77.6 Å². The van der Waals surface area contributed by atoms with Gasteiger partial charge in [-0.3, -0.25) is 0 Å². The van der Waals surface area contributed by atoms with Crippen molar-refractivity contribution in [2.45, 2.75) is 77.6 Å². The van der Waals surface area contributed by atoms with Crippen molar-refractivity contribution in [2.75, 3.05) is 17.3 Å². The van der Waals surface area contributed by atoms with Crippen LogP contribution in [0.5, 0.6) is 0 Å². The zero-order valence-corrected chi connectivity index (χ0v) is 12.1. The minimum absolute atomic E-state index is 0.861. The second kappa shape index (κ2) is 10.5. The summed E-state index contributed by atoms with van der Waals surface area (Å²) in [6.07, 6.45) is 16.4. The van der Waals surface area contributed by atoms with E-state index in [9.17, 15) is 0 Å². The van der Waals surface area contributed by atoms with Crippen LogP contribution in [-0.4, -0.2) is 17.3 Å². The van der Waals surface area contributed by atoms with Crippen LogP contribution < -0.4 is 0 Å². The van der Waals surface area contributed by atoms with Crippen LogP contribution in [0.25, 0.3) is 0 Å². The highest BCUT2D eigenvalue weighted by atomic mass is 32.2. The third-order valence-corrected chi connectivity index (χ3v) is 6.25. The fraction of sp³-hybridized carbons (Fsp3) is 1.00. The summed E-state index contributed by atoms with van der Waals surface area (Å²) < 4.78 is 0. The first-order valence-corrected chi connectivity index (χ1v) is 9.31. The summed E-state index contributed by atoms with van der Waals surface area (Å²) in [7, 11) is 0.861. The van der Waals surface area contributed by atoms with Crippen molar-refractivity contribution in [3.8, 4) is 0 Å². The topological polar surface area (TPSA) is 0 Å². The summed E-state index contributed by atoms with van der Waals surface area (Å²) in [6, 6.07) is 0. The Morgan fingerprint density at radius 3 is 1.75 bits per heavy atom. The number of hydrogen-bond donors (Lipinski definition) is 0. The van der Waals surface area contributed by atoms with Crippen molar-refractivity contribution in [2.24, 2.45) is 0 Å². The van der Waals surface area contributed by atoms with Crippen LogP contribution in [0.3, 0.4) is 0 Å². The van der Waals surface area contributed by atoms with E-state index in [-0.39, 0.29) is 0 Å². The molecule has 1 aliphatic heterocycles. The van der Waals surface area contributed by atoms with Crippen LogP contribution >= 0.6 is 0 Å². The molecule has 0 atom stereocenters. The Hall–Kier alpha value is 0.350. The smallest absolute Gasteiger partial charge is 0.0654 e. The van der Waals surface area contributed by atoms with Gasteiger partial charge >= 0.3 is 0 Å². The maximum atomic E-state index is 2.30. The minimum Gasteiger partial charge on any atom is -0.0654 e. The third-order valence-electron chi connectivity index (χ3n) is 3.65. The lowest BCUT2D eigenvalue weighted by Crippen LogP contribution is -2.08. The van der Waals surface area contributed by atoms with Crippen molar-refractivity contribution in [3.05, 3.63) is 0 Å². The quantitative estimate of drug-likeness (QED) is 0.377. The average Bonchev–Trinajstić information content (AvgIpc) is 2.80. The monoisotopic (exact) mass is 243 g/mol. The standard InChI is InChI=1S/C15H31S/c1-2-3-4-5-6-7-8-9-10-13-16-14-11-12-15-16/h2-15H2,1H3/q+1. The van der Waals surface area contributed by atoms with Gasteiger partial charge in [-0.2, -0.15) is 0 Å². The molecule has 0 unspecified atom stereocenters. The predicted molar refractivity (Wildman–Crippen MR) is 78.4 cm³/mol. The molecule has 1 rings (SSSR count). The molecule has 16 heavy (non-hydrogen) atoms. The maximum Gasteiger partial charge on any atom is 0.108 e. The van der Waals surface area contributed by atoms with Crippen LogP contribution in [0, 0.1) is 0 Å². The molecule has 0 aromatic carbocycles. The fourth-order valence-electron chi connectivity index (χ4n) is 2.54. The summed E-state index contributed by atoms with van der Waals surface area (Å²) in [5.41, 5.74) is 0. The van der Waals surface area contributed by atoms with Crippen LogP contribution in [-0.2, 0) is 10.9 Å². The summed E-state index contributed by atoms with van der Waals surface area (Å²) in [5.74, 6) is 4.70. The fourth-order valence-corrected chi connectivity index (χ4v) is 4.98. The lowest BCUT2D eigenvalue weighted by atomic mass is 10.1. The van der Waals surface area contributed by atoms with Crippen LogP contribution in [0.2, 0.25) is 0 Å². The molecule has 0 saturated carbocycles. The summed E-state index contributed by atoms with van der Waals surface area (Å²) in [4.78, 5) is 0. The van der Waals surface area contributed by atoms with E-state index < -0.39 is 0 Å². The number of rotatable bonds is 10. The first-order valence-electron chi connectivity index (χ1n) is 7.57. The van der Waals surface area contributed by atoms with E-state index in [0.717, 1.165) is 10.9 Å². The van der Waals surface area contributed by atoms with Gasteiger partial charge in [0.05, 0.1) is 0 Å². The van der Waals surface area contributed by atoms with E-state index in [1.165, 1.54) is 70.6 Å². The Morgan fingerprint density at radius 1 is 0.688 bits per heavy atom. The predicted octanol–water partition coefficient (Wildman–Crippen LogP) is 4.93. The number of hydrogen-bond acceptors (Lipinski definition) is 0. The van der Waals surface area contributed by atoms with Gasteiger partial charge in [0, 0.05) is 0 Å². The van der Waals surface area contributed by atoms with Gasteiger partial charge in [0.25, 0.3) is 0 Å². The van der Waals surface area contributed by atoms with Gasteiger partial charge in [0.2, 0.25) is 0 Å². The lowest BCUT2D eigenvalue weighted by molar-refractivity contribution is 0.573. The molecule has 1 aliphatic rings. The van der Waals surface area contributed by atoms with Gasteiger partial charge in [-0.1, -0.05) is 51.9 Å². The summed E-state index contributed by atoms with van der Waals surface area (Å²) >= 11 is 0. The Bertz CT molecular complexity index is 138. The van der Waals surface area contributed by atoms with Gasteiger partial charge in [-0.15, -0.1) is 0 Å². The molecule has 0 spiro atoms. The Labute approximate surface area is 106 Å². The van der Waals surface area contributed by atoms with Crippen molar-refractivity contribution >= 4 is 10.9 Å². The molecule has 0 amide bonds. The molecule has 1 heterocycles. The highest BCUT2D eigenvalue weighted by Gasteiger charge is 2.22. The van der Waals surface area contributed by atoms with Crippen molar-refractivity contribution in [3.63, 3.8) is 0 Å².